The molecule has 1 amide bonds. The number of carbonyl (C=O) groups excluding carboxylic acids is 1. The van der Waals surface area contributed by atoms with Crippen LogP contribution in [0.4, 0.5) is 11.4 Å². The molecule has 18 heavy (non-hydrogen) atoms. The molecule has 92 valence electrons. The van der Waals surface area contributed by atoms with Gasteiger partial charge in [-0.1, -0.05) is 30.3 Å². The summed E-state index contributed by atoms with van der Waals surface area (Å²) in [5.74, 6) is 0. The molecule has 2 aromatic carbocycles. The third kappa shape index (κ3) is 2.51. The fraction of sp³-hybridized carbons (Fsp3) is 0.133. The highest BCUT2D eigenvalue weighted by atomic mass is 16.1. The Morgan fingerprint density at radius 3 is 2.28 bits per heavy atom. The topological polar surface area (TPSA) is 32.3 Å². The molecule has 0 heterocycles. The normalized spacial score (nSPS) is 9.89. The maximum Gasteiger partial charge on any atom is 0.211 e. The molecule has 0 fully saturated rings. The minimum absolute atomic E-state index is 0.683. The summed E-state index contributed by atoms with van der Waals surface area (Å²) in [6, 6.07) is 16.1. The van der Waals surface area contributed by atoms with E-state index in [1.54, 1.807) is 0 Å². The second-order valence-electron chi connectivity index (χ2n) is 4.25. The molecule has 0 aliphatic heterocycles. The molecular weight excluding hydrogens is 224 g/mol. The van der Waals surface area contributed by atoms with Gasteiger partial charge in [-0.15, -0.1) is 0 Å². The largest absolute Gasteiger partial charge is 0.377 e. The lowest BCUT2D eigenvalue weighted by Crippen LogP contribution is -2.09. The fourth-order valence-electron chi connectivity index (χ4n) is 1.92. The van der Waals surface area contributed by atoms with E-state index >= 15 is 0 Å². The number of para-hydroxylation sites is 1. The third-order valence-corrected chi connectivity index (χ3v) is 2.81. The number of rotatable bonds is 4. The lowest BCUT2D eigenvalue weighted by molar-refractivity contribution is -0.105. The SMILES string of the molecule is CN(C)c1ccccc1-c1ccc(NC=O)cc1. The third-order valence-electron chi connectivity index (χ3n) is 2.81. The first-order chi connectivity index (χ1) is 8.72. The Morgan fingerprint density at radius 2 is 1.67 bits per heavy atom. The summed E-state index contributed by atoms with van der Waals surface area (Å²) in [5.41, 5.74) is 4.29. The molecule has 3 nitrogen and oxygen atoms in total. The average molecular weight is 240 g/mol. The number of hydrogen-bond acceptors (Lipinski definition) is 2. The van der Waals surface area contributed by atoms with Gasteiger partial charge in [0.15, 0.2) is 0 Å². The molecule has 0 spiro atoms. The molecular formula is C15H16N2O. The number of anilines is 2. The zero-order chi connectivity index (χ0) is 13.0. The second kappa shape index (κ2) is 5.36. The van der Waals surface area contributed by atoms with E-state index in [1.165, 1.54) is 11.3 Å². The molecule has 0 bridgehead atoms. The monoisotopic (exact) mass is 240 g/mol. The molecule has 0 saturated carbocycles. The van der Waals surface area contributed by atoms with Gasteiger partial charge in [0.05, 0.1) is 0 Å². The van der Waals surface area contributed by atoms with Gasteiger partial charge in [0.25, 0.3) is 0 Å². The van der Waals surface area contributed by atoms with E-state index in [4.69, 9.17) is 0 Å². The molecule has 3 heteroatoms. The van der Waals surface area contributed by atoms with E-state index < -0.39 is 0 Å². The maximum atomic E-state index is 10.4. The molecule has 0 saturated heterocycles. The summed E-state index contributed by atoms with van der Waals surface area (Å²) in [7, 11) is 4.06. The summed E-state index contributed by atoms with van der Waals surface area (Å²) >= 11 is 0. The van der Waals surface area contributed by atoms with E-state index in [0.29, 0.717) is 6.41 Å². The van der Waals surface area contributed by atoms with Crippen LogP contribution in [0.2, 0.25) is 0 Å². The van der Waals surface area contributed by atoms with Crippen LogP contribution in [0.25, 0.3) is 11.1 Å². The number of amides is 1. The number of carbonyl (C=O) groups is 1. The first-order valence-electron chi connectivity index (χ1n) is 5.79. The second-order valence-corrected chi connectivity index (χ2v) is 4.25. The highest BCUT2D eigenvalue weighted by molar-refractivity contribution is 5.80. The summed E-state index contributed by atoms with van der Waals surface area (Å²) < 4.78 is 0. The summed E-state index contributed by atoms with van der Waals surface area (Å²) in [4.78, 5) is 12.4. The van der Waals surface area contributed by atoms with Crippen LogP contribution in [-0.2, 0) is 4.79 Å². The molecule has 1 N–H and O–H groups in total. The Bertz CT molecular complexity index is 532. The van der Waals surface area contributed by atoms with Crippen molar-refractivity contribution in [1.29, 1.82) is 0 Å². The van der Waals surface area contributed by atoms with Gasteiger partial charge in [0, 0.05) is 31.0 Å². The molecule has 0 unspecified atom stereocenters. The summed E-state index contributed by atoms with van der Waals surface area (Å²) in [5, 5.41) is 2.63. The number of benzene rings is 2. The first kappa shape index (κ1) is 12.2. The Balaban J connectivity index is 2.39. The van der Waals surface area contributed by atoms with Crippen LogP contribution in [0.1, 0.15) is 0 Å². The van der Waals surface area contributed by atoms with Crippen molar-refractivity contribution in [3.05, 3.63) is 48.5 Å². The van der Waals surface area contributed by atoms with Gasteiger partial charge < -0.3 is 10.2 Å². The smallest absolute Gasteiger partial charge is 0.211 e. The van der Waals surface area contributed by atoms with Gasteiger partial charge in [-0.3, -0.25) is 4.79 Å². The molecule has 2 rings (SSSR count). The van der Waals surface area contributed by atoms with E-state index in [1.807, 2.05) is 50.5 Å². The molecule has 0 aliphatic rings. The van der Waals surface area contributed by atoms with Crippen LogP contribution in [0.3, 0.4) is 0 Å². The van der Waals surface area contributed by atoms with Crippen LogP contribution in [0, 0.1) is 0 Å². The highest BCUT2D eigenvalue weighted by Crippen LogP contribution is 2.30. The standard InChI is InChI=1S/C15H16N2O/c1-17(2)15-6-4-3-5-14(15)12-7-9-13(10-8-12)16-11-18/h3-11H,1-2H3,(H,16,18). The Hall–Kier alpha value is -2.29. The van der Waals surface area contributed by atoms with Crippen molar-refractivity contribution in [1.82, 2.24) is 0 Å². The predicted molar refractivity (Wildman–Crippen MR) is 75.9 cm³/mol. The van der Waals surface area contributed by atoms with Crippen molar-refractivity contribution in [2.45, 2.75) is 0 Å². The molecule has 0 aromatic heterocycles. The van der Waals surface area contributed by atoms with E-state index in [9.17, 15) is 4.79 Å². The Kier molecular flexibility index (Phi) is 3.63. The van der Waals surface area contributed by atoms with Gasteiger partial charge in [-0.05, 0) is 23.8 Å². The van der Waals surface area contributed by atoms with E-state index in [0.717, 1.165) is 11.3 Å². The van der Waals surface area contributed by atoms with E-state index in [-0.39, 0.29) is 0 Å². The van der Waals surface area contributed by atoms with Gasteiger partial charge in [0.2, 0.25) is 6.41 Å². The van der Waals surface area contributed by atoms with Crippen molar-refractivity contribution in [3.63, 3.8) is 0 Å². The van der Waals surface area contributed by atoms with Crippen LogP contribution in [0.15, 0.2) is 48.5 Å². The summed E-state index contributed by atoms with van der Waals surface area (Å²) in [6.07, 6.45) is 0.683. The number of hydrogen-bond donors (Lipinski definition) is 1. The lowest BCUT2D eigenvalue weighted by atomic mass is 10.0. The van der Waals surface area contributed by atoms with Crippen LogP contribution in [0.5, 0.6) is 0 Å². The number of nitrogens with one attached hydrogen (secondary N) is 1. The van der Waals surface area contributed by atoms with Crippen molar-refractivity contribution < 1.29 is 4.79 Å². The maximum absolute atomic E-state index is 10.4. The average Bonchev–Trinajstić information content (AvgIpc) is 2.40. The molecule has 0 atom stereocenters. The molecule has 2 aromatic rings. The highest BCUT2D eigenvalue weighted by Gasteiger charge is 2.05. The van der Waals surface area contributed by atoms with Gasteiger partial charge in [-0.2, -0.15) is 0 Å². The molecule has 0 aliphatic carbocycles. The zero-order valence-electron chi connectivity index (χ0n) is 10.6. The van der Waals surface area contributed by atoms with Crippen molar-refractivity contribution in [2.75, 3.05) is 24.3 Å². The molecule has 0 radical (unpaired) electrons. The van der Waals surface area contributed by atoms with Gasteiger partial charge >= 0.3 is 0 Å². The van der Waals surface area contributed by atoms with Gasteiger partial charge in [-0.25, -0.2) is 0 Å². The minimum atomic E-state index is 0.683. The summed E-state index contributed by atoms with van der Waals surface area (Å²) in [6.45, 7) is 0. The lowest BCUT2D eigenvalue weighted by Gasteiger charge is -2.17. The Morgan fingerprint density at radius 1 is 1.00 bits per heavy atom. The minimum Gasteiger partial charge on any atom is -0.377 e. The van der Waals surface area contributed by atoms with Gasteiger partial charge in [0.1, 0.15) is 0 Å². The van der Waals surface area contributed by atoms with Crippen LogP contribution in [-0.4, -0.2) is 20.5 Å². The predicted octanol–water partition coefficient (Wildman–Crippen LogP) is 2.99. The first-order valence-corrected chi connectivity index (χ1v) is 5.79. The van der Waals surface area contributed by atoms with Crippen molar-refractivity contribution in [2.24, 2.45) is 0 Å². The number of nitrogens with zero attached hydrogens (tertiary/aromatic N) is 1. The zero-order valence-corrected chi connectivity index (χ0v) is 10.6. The quantitative estimate of drug-likeness (QED) is 0.833. The van der Waals surface area contributed by atoms with Crippen molar-refractivity contribution in [3.8, 4) is 11.1 Å². The van der Waals surface area contributed by atoms with Crippen LogP contribution < -0.4 is 10.2 Å². The van der Waals surface area contributed by atoms with E-state index in [2.05, 4.69) is 22.3 Å². The van der Waals surface area contributed by atoms with Crippen LogP contribution >= 0.6 is 0 Å². The Labute approximate surface area is 107 Å². The van der Waals surface area contributed by atoms with Crippen molar-refractivity contribution >= 4 is 17.8 Å². The fourth-order valence-corrected chi connectivity index (χ4v) is 1.92.